The van der Waals surface area contributed by atoms with Crippen LogP contribution in [0, 0.1) is 0 Å². The zero-order chi connectivity index (χ0) is 18.1. The molecule has 2 aliphatic rings. The van der Waals surface area contributed by atoms with Gasteiger partial charge in [0.2, 0.25) is 0 Å². The normalized spacial score (nSPS) is 22.2. The minimum Gasteiger partial charge on any atom is -0.275 e. The van der Waals surface area contributed by atoms with Gasteiger partial charge in [0.1, 0.15) is 0 Å². The second kappa shape index (κ2) is 6.60. The van der Waals surface area contributed by atoms with Crippen molar-refractivity contribution >= 4 is 17.6 Å². The molecule has 1 spiro atoms. The average molecular weight is 348 g/mol. The van der Waals surface area contributed by atoms with Crippen LogP contribution >= 0.6 is 0 Å². The van der Waals surface area contributed by atoms with Crippen molar-refractivity contribution in [2.45, 2.75) is 44.6 Å². The standard InChI is InChI=1S/C22H24N2O2/c1-2-3-16-23-20(25)22(15-9-11-17-10-7-8-14-19(17)22)24(21(23)26)18-12-5-4-6-13-18/h4-8,10,12-14H,2-3,9,11,15-16H2,1H3. The molecule has 134 valence electrons. The van der Waals surface area contributed by atoms with E-state index in [4.69, 9.17) is 0 Å². The molecule has 2 aromatic rings. The van der Waals surface area contributed by atoms with Gasteiger partial charge in [-0.05, 0) is 48.9 Å². The second-order valence-electron chi connectivity index (χ2n) is 7.13. The molecular weight excluding hydrogens is 324 g/mol. The molecule has 26 heavy (non-hydrogen) atoms. The number of hydrogen-bond acceptors (Lipinski definition) is 2. The number of unbranched alkanes of at least 4 members (excludes halogenated alkanes) is 1. The van der Waals surface area contributed by atoms with Gasteiger partial charge in [0.15, 0.2) is 5.54 Å². The third kappa shape index (κ3) is 2.36. The fourth-order valence-corrected chi connectivity index (χ4v) is 4.38. The number of benzene rings is 2. The molecule has 0 bridgehead atoms. The number of hydrogen-bond donors (Lipinski definition) is 0. The van der Waals surface area contributed by atoms with Crippen LogP contribution in [0.3, 0.4) is 0 Å². The molecule has 3 amide bonds. The molecule has 2 aromatic carbocycles. The predicted octanol–water partition coefficient (Wildman–Crippen LogP) is 4.49. The van der Waals surface area contributed by atoms with Crippen LogP contribution in [0.5, 0.6) is 0 Å². The van der Waals surface area contributed by atoms with Crippen molar-refractivity contribution in [3.63, 3.8) is 0 Å². The Morgan fingerprint density at radius 1 is 1.00 bits per heavy atom. The molecule has 1 fully saturated rings. The van der Waals surface area contributed by atoms with Gasteiger partial charge >= 0.3 is 6.03 Å². The zero-order valence-electron chi connectivity index (χ0n) is 15.1. The maximum absolute atomic E-state index is 13.6. The number of rotatable bonds is 4. The molecule has 4 nitrogen and oxygen atoms in total. The Bertz CT molecular complexity index is 833. The van der Waals surface area contributed by atoms with Crippen LogP contribution in [0.4, 0.5) is 10.5 Å². The number of anilines is 1. The van der Waals surface area contributed by atoms with E-state index in [9.17, 15) is 9.59 Å². The minimum absolute atomic E-state index is 0.0630. The second-order valence-corrected chi connectivity index (χ2v) is 7.13. The van der Waals surface area contributed by atoms with E-state index in [1.54, 1.807) is 4.90 Å². The van der Waals surface area contributed by atoms with E-state index < -0.39 is 5.54 Å². The lowest BCUT2D eigenvalue weighted by Gasteiger charge is -2.39. The van der Waals surface area contributed by atoms with Gasteiger partial charge in [0.25, 0.3) is 5.91 Å². The molecular formula is C22H24N2O2. The van der Waals surface area contributed by atoms with Crippen molar-refractivity contribution in [3.05, 3.63) is 65.7 Å². The van der Waals surface area contributed by atoms with Crippen LogP contribution < -0.4 is 4.90 Å². The molecule has 4 heteroatoms. The highest BCUT2D eigenvalue weighted by atomic mass is 16.2. The number of nitrogens with zero attached hydrogens (tertiary/aromatic N) is 2. The van der Waals surface area contributed by atoms with Crippen molar-refractivity contribution in [1.29, 1.82) is 0 Å². The number of carbonyl (C=O) groups excluding carboxylic acids is 2. The zero-order valence-corrected chi connectivity index (χ0v) is 15.1. The van der Waals surface area contributed by atoms with Crippen molar-refractivity contribution in [3.8, 4) is 0 Å². The summed E-state index contributed by atoms with van der Waals surface area (Å²) in [4.78, 5) is 30.2. The van der Waals surface area contributed by atoms with Gasteiger partial charge in [-0.25, -0.2) is 4.79 Å². The van der Waals surface area contributed by atoms with Gasteiger partial charge in [0, 0.05) is 12.2 Å². The highest BCUT2D eigenvalue weighted by molar-refractivity contribution is 6.17. The number of amides is 3. The number of imide groups is 1. The molecule has 1 unspecified atom stereocenters. The maximum Gasteiger partial charge on any atom is 0.332 e. The summed E-state index contributed by atoms with van der Waals surface area (Å²) in [6, 6.07) is 17.5. The van der Waals surface area contributed by atoms with E-state index in [0.717, 1.165) is 36.9 Å². The molecule has 0 N–H and O–H groups in total. The number of urea groups is 1. The minimum atomic E-state index is -0.902. The van der Waals surface area contributed by atoms with Gasteiger partial charge in [-0.1, -0.05) is 55.8 Å². The van der Waals surface area contributed by atoms with Crippen LogP contribution in [-0.2, 0) is 16.8 Å². The summed E-state index contributed by atoms with van der Waals surface area (Å²) in [5.74, 6) is -0.0630. The number of aryl methyl sites for hydroxylation is 1. The summed E-state index contributed by atoms with van der Waals surface area (Å²) in [7, 11) is 0. The first kappa shape index (κ1) is 16.8. The predicted molar refractivity (Wildman–Crippen MR) is 102 cm³/mol. The van der Waals surface area contributed by atoms with E-state index in [-0.39, 0.29) is 11.9 Å². The lowest BCUT2D eigenvalue weighted by molar-refractivity contribution is -0.131. The first-order valence-electron chi connectivity index (χ1n) is 9.49. The number of para-hydroxylation sites is 1. The fourth-order valence-electron chi connectivity index (χ4n) is 4.38. The fraction of sp³-hybridized carbons (Fsp3) is 0.364. The van der Waals surface area contributed by atoms with Crippen molar-refractivity contribution < 1.29 is 9.59 Å². The smallest absolute Gasteiger partial charge is 0.275 e. The third-order valence-electron chi connectivity index (χ3n) is 5.60. The molecule has 0 saturated carbocycles. The van der Waals surface area contributed by atoms with Gasteiger partial charge in [0.05, 0.1) is 0 Å². The third-order valence-corrected chi connectivity index (χ3v) is 5.60. The highest BCUT2D eigenvalue weighted by Gasteiger charge is 2.59. The summed E-state index contributed by atoms with van der Waals surface area (Å²) in [5, 5.41) is 0. The summed E-state index contributed by atoms with van der Waals surface area (Å²) in [6.45, 7) is 2.56. The van der Waals surface area contributed by atoms with Crippen LogP contribution in [-0.4, -0.2) is 23.4 Å². The van der Waals surface area contributed by atoms with E-state index in [1.807, 2.05) is 48.5 Å². The molecule has 0 radical (unpaired) electrons. The summed E-state index contributed by atoms with van der Waals surface area (Å²) in [5.41, 5.74) is 2.06. The molecule has 1 saturated heterocycles. The number of carbonyl (C=O) groups is 2. The summed E-state index contributed by atoms with van der Waals surface area (Å²) in [6.07, 6.45) is 4.31. The Morgan fingerprint density at radius 2 is 1.73 bits per heavy atom. The van der Waals surface area contributed by atoms with Crippen molar-refractivity contribution in [2.75, 3.05) is 11.4 Å². The Labute approximate surface area is 154 Å². The van der Waals surface area contributed by atoms with Gasteiger partial charge in [-0.15, -0.1) is 0 Å². The maximum atomic E-state index is 13.6. The molecule has 1 aliphatic heterocycles. The van der Waals surface area contributed by atoms with Crippen molar-refractivity contribution in [1.82, 2.24) is 4.90 Å². The van der Waals surface area contributed by atoms with Gasteiger partial charge in [-0.2, -0.15) is 0 Å². The van der Waals surface area contributed by atoms with Crippen LogP contribution in [0.1, 0.15) is 43.7 Å². The Kier molecular flexibility index (Phi) is 4.27. The Morgan fingerprint density at radius 3 is 2.50 bits per heavy atom. The molecule has 1 aliphatic carbocycles. The van der Waals surface area contributed by atoms with Crippen molar-refractivity contribution in [2.24, 2.45) is 0 Å². The largest absolute Gasteiger partial charge is 0.332 e. The monoisotopic (exact) mass is 348 g/mol. The van der Waals surface area contributed by atoms with E-state index in [0.29, 0.717) is 13.0 Å². The molecule has 0 aromatic heterocycles. The lowest BCUT2D eigenvalue weighted by atomic mass is 9.75. The summed E-state index contributed by atoms with van der Waals surface area (Å²) >= 11 is 0. The Balaban J connectivity index is 1.90. The number of fused-ring (bicyclic) bond motifs is 2. The average Bonchev–Trinajstić information content (AvgIpc) is 2.88. The first-order chi connectivity index (χ1) is 12.7. The van der Waals surface area contributed by atoms with E-state index in [2.05, 4.69) is 13.0 Å². The SMILES string of the molecule is CCCCN1C(=O)N(c2ccccc2)C2(CCCc3ccccc32)C1=O. The van der Waals surface area contributed by atoms with Gasteiger partial charge in [-0.3, -0.25) is 14.6 Å². The highest BCUT2D eigenvalue weighted by Crippen LogP contribution is 2.47. The van der Waals surface area contributed by atoms with Crippen LogP contribution in [0.15, 0.2) is 54.6 Å². The van der Waals surface area contributed by atoms with Crippen LogP contribution in [0.25, 0.3) is 0 Å². The Hall–Kier alpha value is -2.62. The molecule has 4 rings (SSSR count). The van der Waals surface area contributed by atoms with Crippen LogP contribution in [0.2, 0.25) is 0 Å². The van der Waals surface area contributed by atoms with E-state index >= 15 is 0 Å². The molecule has 1 atom stereocenters. The summed E-state index contributed by atoms with van der Waals surface area (Å²) < 4.78 is 0. The lowest BCUT2D eigenvalue weighted by Crippen LogP contribution is -2.49. The molecule has 1 heterocycles. The first-order valence-corrected chi connectivity index (χ1v) is 9.49. The van der Waals surface area contributed by atoms with E-state index in [1.165, 1.54) is 10.5 Å². The quantitative estimate of drug-likeness (QED) is 0.764. The topological polar surface area (TPSA) is 40.6 Å². The van der Waals surface area contributed by atoms with Gasteiger partial charge < -0.3 is 0 Å².